The topological polar surface area (TPSA) is 30.9 Å². The molecule has 0 spiro atoms. The largest absolute Gasteiger partial charge is 0.344 e. The molecule has 1 aromatic heterocycles. The van der Waals surface area contributed by atoms with Crippen molar-refractivity contribution in [3.8, 4) is 0 Å². The summed E-state index contributed by atoms with van der Waals surface area (Å²) in [6.07, 6.45) is 7.49. The highest BCUT2D eigenvalue weighted by molar-refractivity contribution is 5.80. The fourth-order valence-corrected chi connectivity index (χ4v) is 3.67. The van der Waals surface area contributed by atoms with Crippen LogP contribution in [0.3, 0.4) is 0 Å². The second-order valence-corrected chi connectivity index (χ2v) is 5.93. The first-order valence-electron chi connectivity index (χ1n) is 7.59. The number of nitrogens with two attached hydrogens (primary N) is 1. The molecule has 1 aromatic carbocycles. The third-order valence-electron chi connectivity index (χ3n) is 4.93. The number of nitrogens with zero attached hydrogens (tertiary/aromatic N) is 1. The fraction of sp³-hybridized carbons (Fsp3) is 0.529. The molecular formula is C17H24N2. The number of benzene rings is 1. The van der Waals surface area contributed by atoms with Crippen molar-refractivity contribution >= 4 is 10.9 Å². The number of hydrogen-bond acceptors (Lipinski definition) is 1. The molecule has 1 aliphatic rings. The molecule has 3 unspecified atom stereocenters. The number of rotatable bonds is 3. The zero-order valence-corrected chi connectivity index (χ0v) is 11.8. The molecule has 1 fully saturated rings. The van der Waals surface area contributed by atoms with E-state index in [1.54, 1.807) is 0 Å². The fourth-order valence-electron chi connectivity index (χ4n) is 3.67. The summed E-state index contributed by atoms with van der Waals surface area (Å²) in [5.41, 5.74) is 7.38. The Morgan fingerprint density at radius 2 is 2.05 bits per heavy atom. The van der Waals surface area contributed by atoms with E-state index in [9.17, 15) is 0 Å². The number of fused-ring (bicyclic) bond motifs is 1. The van der Waals surface area contributed by atoms with Gasteiger partial charge in [0.1, 0.15) is 0 Å². The SMILES string of the molecule is CCC1CCC(CN)C(n2ccc3ccccc32)C1. The first-order valence-corrected chi connectivity index (χ1v) is 7.59. The van der Waals surface area contributed by atoms with Gasteiger partial charge in [-0.3, -0.25) is 0 Å². The lowest BCUT2D eigenvalue weighted by Gasteiger charge is -2.36. The quantitative estimate of drug-likeness (QED) is 0.885. The molecule has 0 bridgehead atoms. The van der Waals surface area contributed by atoms with E-state index in [1.807, 2.05) is 0 Å². The van der Waals surface area contributed by atoms with Crippen LogP contribution in [0.15, 0.2) is 36.5 Å². The molecule has 19 heavy (non-hydrogen) atoms. The Morgan fingerprint density at radius 3 is 2.84 bits per heavy atom. The van der Waals surface area contributed by atoms with Crippen molar-refractivity contribution in [2.75, 3.05) is 6.54 Å². The Hall–Kier alpha value is -1.28. The minimum atomic E-state index is 0.587. The summed E-state index contributed by atoms with van der Waals surface area (Å²) >= 11 is 0. The van der Waals surface area contributed by atoms with E-state index in [0.717, 1.165) is 12.5 Å². The van der Waals surface area contributed by atoms with Crippen molar-refractivity contribution in [3.05, 3.63) is 36.5 Å². The van der Waals surface area contributed by atoms with Gasteiger partial charge in [0, 0.05) is 17.8 Å². The maximum Gasteiger partial charge on any atom is 0.0482 e. The molecule has 2 nitrogen and oxygen atoms in total. The number of hydrogen-bond donors (Lipinski definition) is 1. The molecule has 2 N–H and O–H groups in total. The molecule has 0 amide bonds. The van der Waals surface area contributed by atoms with Gasteiger partial charge in [0.05, 0.1) is 0 Å². The van der Waals surface area contributed by atoms with Gasteiger partial charge in [-0.2, -0.15) is 0 Å². The lowest BCUT2D eigenvalue weighted by Crippen LogP contribution is -2.32. The van der Waals surface area contributed by atoms with Crippen LogP contribution in [0.4, 0.5) is 0 Å². The van der Waals surface area contributed by atoms with E-state index >= 15 is 0 Å². The molecule has 0 saturated heterocycles. The van der Waals surface area contributed by atoms with Crippen LogP contribution in [0.5, 0.6) is 0 Å². The van der Waals surface area contributed by atoms with Crippen LogP contribution in [-0.4, -0.2) is 11.1 Å². The number of aromatic nitrogens is 1. The van der Waals surface area contributed by atoms with Gasteiger partial charge in [0.2, 0.25) is 0 Å². The van der Waals surface area contributed by atoms with Gasteiger partial charge in [-0.05, 0) is 55.2 Å². The lowest BCUT2D eigenvalue weighted by atomic mass is 9.77. The highest BCUT2D eigenvalue weighted by Gasteiger charge is 2.30. The Kier molecular flexibility index (Phi) is 3.61. The lowest BCUT2D eigenvalue weighted by molar-refractivity contribution is 0.188. The molecule has 3 atom stereocenters. The van der Waals surface area contributed by atoms with Crippen LogP contribution in [-0.2, 0) is 0 Å². The van der Waals surface area contributed by atoms with Gasteiger partial charge in [-0.15, -0.1) is 0 Å². The van der Waals surface area contributed by atoms with E-state index in [-0.39, 0.29) is 0 Å². The van der Waals surface area contributed by atoms with Crippen molar-refractivity contribution in [2.45, 2.75) is 38.6 Å². The minimum Gasteiger partial charge on any atom is -0.344 e. The summed E-state index contributed by atoms with van der Waals surface area (Å²) < 4.78 is 2.48. The third-order valence-corrected chi connectivity index (χ3v) is 4.93. The Balaban J connectivity index is 1.97. The van der Waals surface area contributed by atoms with Crippen molar-refractivity contribution in [2.24, 2.45) is 17.6 Å². The monoisotopic (exact) mass is 256 g/mol. The van der Waals surface area contributed by atoms with E-state index in [2.05, 4.69) is 48.0 Å². The molecular weight excluding hydrogens is 232 g/mol. The molecule has 0 radical (unpaired) electrons. The molecule has 1 aliphatic carbocycles. The van der Waals surface area contributed by atoms with Crippen molar-refractivity contribution in [3.63, 3.8) is 0 Å². The zero-order valence-electron chi connectivity index (χ0n) is 11.8. The average Bonchev–Trinajstić information content (AvgIpc) is 2.90. The predicted molar refractivity (Wildman–Crippen MR) is 81.2 cm³/mol. The molecule has 2 aromatic rings. The van der Waals surface area contributed by atoms with Crippen LogP contribution in [0.1, 0.15) is 38.6 Å². The summed E-state index contributed by atoms with van der Waals surface area (Å²) in [5, 5.41) is 1.34. The standard InChI is InChI=1S/C17H24N2/c1-2-13-7-8-15(12-18)17(11-13)19-10-9-14-5-3-4-6-16(14)19/h3-6,9-10,13,15,17H,2,7-8,11-12,18H2,1H3. The Bertz CT molecular complexity index is 543. The molecule has 2 heteroatoms. The predicted octanol–water partition coefficient (Wildman–Crippen LogP) is 3.97. The second-order valence-electron chi connectivity index (χ2n) is 5.93. The van der Waals surface area contributed by atoms with Crippen LogP contribution in [0, 0.1) is 11.8 Å². The van der Waals surface area contributed by atoms with Crippen LogP contribution in [0.25, 0.3) is 10.9 Å². The van der Waals surface area contributed by atoms with E-state index in [4.69, 9.17) is 5.73 Å². The first-order chi connectivity index (χ1) is 9.33. The normalized spacial score (nSPS) is 27.8. The van der Waals surface area contributed by atoms with Crippen molar-refractivity contribution in [1.82, 2.24) is 4.57 Å². The van der Waals surface area contributed by atoms with Gasteiger partial charge >= 0.3 is 0 Å². The number of para-hydroxylation sites is 1. The molecule has 0 aliphatic heterocycles. The van der Waals surface area contributed by atoms with Crippen molar-refractivity contribution in [1.29, 1.82) is 0 Å². The minimum absolute atomic E-state index is 0.587. The van der Waals surface area contributed by atoms with Gasteiger partial charge in [-0.25, -0.2) is 0 Å². The van der Waals surface area contributed by atoms with E-state index in [1.165, 1.54) is 36.6 Å². The second kappa shape index (κ2) is 5.38. The van der Waals surface area contributed by atoms with E-state index in [0.29, 0.717) is 12.0 Å². The smallest absolute Gasteiger partial charge is 0.0482 e. The summed E-state index contributed by atoms with van der Waals surface area (Å²) in [5.74, 6) is 1.51. The highest BCUT2D eigenvalue weighted by Crippen LogP contribution is 2.39. The summed E-state index contributed by atoms with van der Waals surface area (Å²) in [6, 6.07) is 11.5. The first kappa shape index (κ1) is 12.7. The average molecular weight is 256 g/mol. The summed E-state index contributed by atoms with van der Waals surface area (Å²) in [6.45, 7) is 3.13. The molecule has 102 valence electrons. The van der Waals surface area contributed by atoms with Gasteiger partial charge < -0.3 is 10.3 Å². The highest BCUT2D eigenvalue weighted by atomic mass is 15.0. The van der Waals surface area contributed by atoms with Crippen LogP contribution < -0.4 is 5.73 Å². The van der Waals surface area contributed by atoms with Gasteiger partial charge in [0.15, 0.2) is 0 Å². The maximum atomic E-state index is 6.02. The zero-order chi connectivity index (χ0) is 13.2. The maximum absolute atomic E-state index is 6.02. The van der Waals surface area contributed by atoms with Crippen LogP contribution in [0.2, 0.25) is 0 Å². The van der Waals surface area contributed by atoms with Crippen LogP contribution >= 0.6 is 0 Å². The van der Waals surface area contributed by atoms with Gasteiger partial charge in [0.25, 0.3) is 0 Å². The molecule has 1 saturated carbocycles. The third kappa shape index (κ3) is 2.30. The molecule has 3 rings (SSSR count). The summed E-state index contributed by atoms with van der Waals surface area (Å²) in [4.78, 5) is 0. The Morgan fingerprint density at radius 1 is 1.21 bits per heavy atom. The van der Waals surface area contributed by atoms with E-state index < -0.39 is 0 Å². The molecule has 1 heterocycles. The van der Waals surface area contributed by atoms with Gasteiger partial charge in [-0.1, -0.05) is 31.5 Å². The summed E-state index contributed by atoms with van der Waals surface area (Å²) in [7, 11) is 0. The Labute approximate surface area is 115 Å². The van der Waals surface area contributed by atoms with Crippen molar-refractivity contribution < 1.29 is 0 Å².